The molecule has 0 aliphatic rings. The molecule has 0 N–H and O–H groups in total. The summed E-state index contributed by atoms with van der Waals surface area (Å²) in [7, 11) is 55.1. The van der Waals surface area contributed by atoms with Crippen molar-refractivity contribution in [3.8, 4) is 44.5 Å². The van der Waals surface area contributed by atoms with E-state index in [0.717, 1.165) is 60.5 Å². The second-order valence-corrected chi connectivity index (χ2v) is 14.6. The third-order valence-electron chi connectivity index (χ3n) is 11.4. The van der Waals surface area contributed by atoms with E-state index in [1.807, 2.05) is 60.7 Å². The Hall–Kier alpha value is -5.92. The van der Waals surface area contributed by atoms with E-state index in [1.54, 1.807) is 0 Å². The summed E-state index contributed by atoms with van der Waals surface area (Å²) in [4.78, 5) is 0. The van der Waals surface area contributed by atoms with Crippen LogP contribution in [0.3, 0.4) is 0 Å². The molecule has 9 heteroatoms. The Morgan fingerprint density at radius 2 is 0.737 bits per heavy atom. The van der Waals surface area contributed by atoms with Gasteiger partial charge in [0.05, 0.1) is 0 Å². The Labute approximate surface area is 341 Å². The lowest BCUT2D eigenvalue weighted by atomic mass is 9.59. The van der Waals surface area contributed by atoms with Gasteiger partial charge in [-0.05, 0) is 101 Å². The molecule has 0 aliphatic carbocycles. The predicted molar refractivity (Wildman–Crippen MR) is 251 cm³/mol. The quantitative estimate of drug-likeness (QED) is 0.200. The fourth-order valence-corrected chi connectivity index (χ4v) is 8.55. The van der Waals surface area contributed by atoms with Gasteiger partial charge in [0, 0.05) is 10.8 Å². The predicted octanol–water partition coefficient (Wildman–Crippen LogP) is 4.06. The molecule has 0 atom stereocenters. The van der Waals surface area contributed by atoms with Gasteiger partial charge in [0.25, 0.3) is 0 Å². The average Bonchev–Trinajstić information content (AvgIpc) is 3.61. The van der Waals surface area contributed by atoms with Crippen LogP contribution in [0.2, 0.25) is 0 Å². The van der Waals surface area contributed by atoms with Crippen LogP contribution < -0.4 is 43.7 Å². The van der Waals surface area contributed by atoms with Crippen LogP contribution >= 0.6 is 0 Å². The summed E-state index contributed by atoms with van der Waals surface area (Å²) in [5.41, 5.74) is 10.1. The molecule has 57 heavy (non-hydrogen) atoms. The van der Waals surface area contributed by atoms with Crippen LogP contribution in [0, 0.1) is 0 Å². The highest BCUT2D eigenvalue weighted by Gasteiger charge is 2.26. The van der Waals surface area contributed by atoms with Gasteiger partial charge in [-0.15, -0.1) is 21.9 Å². The van der Waals surface area contributed by atoms with Gasteiger partial charge >= 0.3 is 0 Å². The molecule has 0 bridgehead atoms. The standard InChI is InChI=1S/C48H22B8O/c49-41-37-35(28-18-19-33-31(21-28)32-20-26-10-4-5-11-27(26)22-34(32)57-33)38-40(44(52)48(56)46(54)42(38)50)36(39(37)43(51)47(55)45(41)53)30-13-7-6-12-29(30)25-16-14-24(15-17-25)23-8-2-1-3-9-23/h1-22H. The molecular weight excluding hydrogens is 679 g/mol. The van der Waals surface area contributed by atoms with E-state index >= 15 is 0 Å². The summed E-state index contributed by atoms with van der Waals surface area (Å²) < 4.78 is 6.38. The molecule has 16 radical (unpaired) electrons. The van der Waals surface area contributed by atoms with Gasteiger partial charge in [0.2, 0.25) is 0 Å². The average molecular weight is 701 g/mol. The first kappa shape index (κ1) is 35.5. The van der Waals surface area contributed by atoms with Crippen molar-refractivity contribution in [1.82, 2.24) is 0 Å². The Balaban J connectivity index is 1.34. The zero-order valence-corrected chi connectivity index (χ0v) is 30.7. The number of fused-ring (bicyclic) bond motifs is 6. The first-order valence-corrected chi connectivity index (χ1v) is 18.5. The molecule has 1 aromatic heterocycles. The van der Waals surface area contributed by atoms with Crippen molar-refractivity contribution in [3.63, 3.8) is 0 Å². The Kier molecular flexibility index (Phi) is 8.31. The second kappa shape index (κ2) is 13.3. The Bertz CT molecular complexity index is 3240. The van der Waals surface area contributed by atoms with Crippen LogP contribution in [-0.2, 0) is 0 Å². The fourth-order valence-electron chi connectivity index (χ4n) is 8.55. The van der Waals surface area contributed by atoms with Gasteiger partial charge < -0.3 is 4.42 Å². The highest BCUT2D eigenvalue weighted by atomic mass is 16.3. The van der Waals surface area contributed by atoms with E-state index in [2.05, 4.69) is 72.8 Å². The minimum atomic E-state index is 0.160. The highest BCUT2D eigenvalue weighted by molar-refractivity contribution is 6.71. The monoisotopic (exact) mass is 702 g/mol. The lowest BCUT2D eigenvalue weighted by Gasteiger charge is -2.29. The van der Waals surface area contributed by atoms with Crippen molar-refractivity contribution in [2.24, 2.45) is 0 Å². The fraction of sp³-hybridized carbons (Fsp3) is 0. The zero-order valence-electron chi connectivity index (χ0n) is 30.7. The van der Waals surface area contributed by atoms with Crippen LogP contribution in [-0.4, -0.2) is 62.8 Å². The Morgan fingerprint density at radius 1 is 0.298 bits per heavy atom. The maximum Gasteiger partial charge on any atom is 0.136 e. The summed E-state index contributed by atoms with van der Waals surface area (Å²) >= 11 is 0. The molecule has 0 saturated carbocycles. The minimum absolute atomic E-state index is 0.160. The highest BCUT2D eigenvalue weighted by Crippen LogP contribution is 2.45. The van der Waals surface area contributed by atoms with Crippen molar-refractivity contribution in [1.29, 1.82) is 0 Å². The minimum Gasteiger partial charge on any atom is -0.456 e. The number of furan rings is 1. The normalized spacial score (nSPS) is 11.7. The molecule has 1 heterocycles. The third kappa shape index (κ3) is 5.35. The topological polar surface area (TPSA) is 13.1 Å². The molecule has 0 spiro atoms. The van der Waals surface area contributed by atoms with Gasteiger partial charge in [-0.25, -0.2) is 0 Å². The van der Waals surface area contributed by atoms with E-state index in [9.17, 15) is 0 Å². The lowest BCUT2D eigenvalue weighted by molar-refractivity contribution is 0.669. The summed E-state index contributed by atoms with van der Waals surface area (Å²) in [5.74, 6) is 0. The van der Waals surface area contributed by atoms with Gasteiger partial charge in [-0.3, -0.25) is 0 Å². The number of hydrogen-bond acceptors (Lipinski definition) is 1. The first-order valence-electron chi connectivity index (χ1n) is 18.5. The van der Waals surface area contributed by atoms with E-state index in [4.69, 9.17) is 67.2 Å². The number of benzene rings is 9. The molecule has 10 aromatic rings. The molecule has 9 aromatic carbocycles. The number of hydrogen-bond donors (Lipinski definition) is 0. The molecule has 10 rings (SSSR count). The van der Waals surface area contributed by atoms with Crippen LogP contribution in [0.1, 0.15) is 0 Å². The van der Waals surface area contributed by atoms with Crippen LogP contribution in [0.15, 0.2) is 138 Å². The summed E-state index contributed by atoms with van der Waals surface area (Å²) in [6.07, 6.45) is 0. The largest absolute Gasteiger partial charge is 0.456 e. The molecule has 1 nitrogen and oxygen atoms in total. The van der Waals surface area contributed by atoms with Crippen molar-refractivity contribution >= 4 is 161 Å². The lowest BCUT2D eigenvalue weighted by Crippen LogP contribution is -2.50. The second-order valence-electron chi connectivity index (χ2n) is 14.6. The van der Waals surface area contributed by atoms with Crippen LogP contribution in [0.25, 0.3) is 98.8 Å². The van der Waals surface area contributed by atoms with Crippen LogP contribution in [0.4, 0.5) is 0 Å². The summed E-state index contributed by atoms with van der Waals surface area (Å²) in [6.45, 7) is 0. The molecule has 0 amide bonds. The van der Waals surface area contributed by atoms with E-state index in [-0.39, 0.29) is 43.7 Å². The van der Waals surface area contributed by atoms with Crippen molar-refractivity contribution < 1.29 is 4.42 Å². The number of rotatable bonds is 4. The van der Waals surface area contributed by atoms with E-state index in [1.165, 1.54) is 0 Å². The first-order chi connectivity index (χ1) is 27.6. The molecule has 0 fully saturated rings. The van der Waals surface area contributed by atoms with Crippen molar-refractivity contribution in [3.05, 3.63) is 133 Å². The van der Waals surface area contributed by atoms with Crippen molar-refractivity contribution in [2.45, 2.75) is 0 Å². The van der Waals surface area contributed by atoms with Gasteiger partial charge in [-0.2, -0.15) is 0 Å². The van der Waals surface area contributed by atoms with Gasteiger partial charge in [0.15, 0.2) is 0 Å². The maximum absolute atomic E-state index is 7.09. The Morgan fingerprint density at radius 3 is 1.33 bits per heavy atom. The third-order valence-corrected chi connectivity index (χ3v) is 11.4. The van der Waals surface area contributed by atoms with Crippen molar-refractivity contribution in [2.75, 3.05) is 0 Å². The van der Waals surface area contributed by atoms with E-state index in [0.29, 0.717) is 38.3 Å². The van der Waals surface area contributed by atoms with E-state index < -0.39 is 0 Å². The smallest absolute Gasteiger partial charge is 0.136 e. The molecule has 0 unspecified atom stereocenters. The molecular formula is C48H22B8O. The summed E-state index contributed by atoms with van der Waals surface area (Å²) in [6, 6.07) is 45.0. The van der Waals surface area contributed by atoms with Gasteiger partial charge in [0.1, 0.15) is 73.9 Å². The molecule has 0 saturated heterocycles. The SMILES string of the molecule is [B]c1c([B])c([B])c2c(-c3ccccc3-c3ccc(-c4ccccc4)cc3)c3c([B])c([B])c([B])c([B])c3c(-c3ccc4oc5cc6ccccc6cc5c4c3)c2c1[B]. The summed E-state index contributed by atoms with van der Waals surface area (Å²) in [5, 5.41) is 6.27. The van der Waals surface area contributed by atoms with Gasteiger partial charge in [-0.1, -0.05) is 131 Å². The maximum atomic E-state index is 7.09. The van der Waals surface area contributed by atoms with Crippen LogP contribution in [0.5, 0.6) is 0 Å². The molecule has 244 valence electrons. The zero-order chi connectivity index (χ0) is 39.3. The molecule has 0 aliphatic heterocycles.